The number of amides is 1. The van der Waals surface area contributed by atoms with E-state index in [2.05, 4.69) is 4.99 Å². The van der Waals surface area contributed by atoms with Gasteiger partial charge >= 0.3 is 0 Å². The van der Waals surface area contributed by atoms with Gasteiger partial charge in [0, 0.05) is 18.4 Å². The van der Waals surface area contributed by atoms with Crippen molar-refractivity contribution in [1.82, 2.24) is 0 Å². The molecule has 1 fully saturated rings. The van der Waals surface area contributed by atoms with Crippen LogP contribution in [0, 0.1) is 0 Å². The van der Waals surface area contributed by atoms with Crippen molar-refractivity contribution in [2.24, 2.45) is 4.99 Å². The maximum atomic E-state index is 13.3. The predicted molar refractivity (Wildman–Crippen MR) is 125 cm³/mol. The summed E-state index contributed by atoms with van der Waals surface area (Å²) in [7, 11) is 3.17. The smallest absolute Gasteiger partial charge is 0.283 e. The van der Waals surface area contributed by atoms with Crippen LogP contribution < -0.4 is 14.4 Å². The fourth-order valence-electron chi connectivity index (χ4n) is 3.41. The Morgan fingerprint density at radius 3 is 2.71 bits per heavy atom. The lowest BCUT2D eigenvalue weighted by molar-refractivity contribution is -0.113. The highest BCUT2D eigenvalue weighted by atomic mass is 35.5. The van der Waals surface area contributed by atoms with Gasteiger partial charge in [-0.2, -0.15) is 0 Å². The maximum Gasteiger partial charge on any atom is 0.283 e. The van der Waals surface area contributed by atoms with Crippen LogP contribution in [-0.2, 0) is 9.53 Å². The highest BCUT2D eigenvalue weighted by molar-refractivity contribution is 8.14. The summed E-state index contributed by atoms with van der Waals surface area (Å²) >= 11 is 7.70. The Kier molecular flexibility index (Phi) is 6.85. The number of carbonyl (C=O) groups excluding carboxylic acids is 1. The summed E-state index contributed by atoms with van der Waals surface area (Å²) in [6, 6.07) is 12.7. The first kappa shape index (κ1) is 21.7. The number of ether oxygens (including phenoxy) is 3. The van der Waals surface area contributed by atoms with Gasteiger partial charge in [-0.25, -0.2) is 4.99 Å². The van der Waals surface area contributed by atoms with Crippen molar-refractivity contribution in [3.63, 3.8) is 0 Å². The molecule has 0 N–H and O–H groups in total. The predicted octanol–water partition coefficient (Wildman–Crippen LogP) is 5.01. The molecule has 31 heavy (non-hydrogen) atoms. The molecule has 0 radical (unpaired) electrons. The number of aliphatic imine (C=N–C) groups is 1. The van der Waals surface area contributed by atoms with E-state index < -0.39 is 0 Å². The molecule has 1 unspecified atom stereocenters. The second kappa shape index (κ2) is 9.77. The lowest BCUT2D eigenvalue weighted by Crippen LogP contribution is -2.31. The van der Waals surface area contributed by atoms with Gasteiger partial charge in [0.05, 0.1) is 31.0 Å². The Morgan fingerprint density at radius 2 is 2.03 bits per heavy atom. The van der Waals surface area contributed by atoms with Crippen LogP contribution in [0.5, 0.6) is 11.5 Å². The van der Waals surface area contributed by atoms with E-state index >= 15 is 0 Å². The van der Waals surface area contributed by atoms with Crippen molar-refractivity contribution in [3.8, 4) is 11.5 Å². The van der Waals surface area contributed by atoms with Crippen LogP contribution in [0.2, 0.25) is 5.02 Å². The van der Waals surface area contributed by atoms with Crippen LogP contribution in [0.1, 0.15) is 18.4 Å². The zero-order valence-electron chi connectivity index (χ0n) is 17.3. The van der Waals surface area contributed by atoms with E-state index in [0.717, 1.165) is 36.5 Å². The van der Waals surface area contributed by atoms with E-state index in [-0.39, 0.29) is 12.0 Å². The average molecular weight is 459 g/mol. The largest absolute Gasteiger partial charge is 0.497 e. The SMILES string of the molecule is COc1ccc(/C=C2\N=C(SCC3CCCO3)N(c3ccc(Cl)c(OC)c3)C2=O)cc1. The number of nitrogens with zero attached hydrogens (tertiary/aromatic N) is 2. The normalized spacial score (nSPS) is 19.8. The molecule has 0 aliphatic carbocycles. The third kappa shape index (κ3) is 4.89. The van der Waals surface area contributed by atoms with Crippen LogP contribution >= 0.6 is 23.4 Å². The van der Waals surface area contributed by atoms with Crippen LogP contribution in [0.15, 0.2) is 53.2 Å². The zero-order chi connectivity index (χ0) is 21.8. The first-order chi connectivity index (χ1) is 15.1. The first-order valence-corrected chi connectivity index (χ1v) is 11.3. The van der Waals surface area contributed by atoms with Crippen molar-refractivity contribution >= 4 is 46.2 Å². The Labute approximate surface area is 190 Å². The first-order valence-electron chi connectivity index (χ1n) is 9.96. The molecule has 1 amide bonds. The number of carbonyl (C=O) groups is 1. The number of rotatable bonds is 6. The van der Waals surface area contributed by atoms with Gasteiger partial charge in [-0.3, -0.25) is 9.69 Å². The molecule has 6 nitrogen and oxygen atoms in total. The van der Waals surface area contributed by atoms with E-state index in [0.29, 0.717) is 27.3 Å². The van der Waals surface area contributed by atoms with E-state index in [1.54, 1.807) is 43.4 Å². The molecule has 2 aliphatic rings. The molecule has 2 aromatic rings. The van der Waals surface area contributed by atoms with E-state index in [4.69, 9.17) is 25.8 Å². The molecular weight excluding hydrogens is 436 g/mol. The molecule has 0 bridgehead atoms. The number of amidine groups is 1. The van der Waals surface area contributed by atoms with Crippen molar-refractivity contribution in [1.29, 1.82) is 0 Å². The number of hydrogen-bond acceptors (Lipinski definition) is 6. The van der Waals surface area contributed by atoms with Gasteiger partial charge in [-0.05, 0) is 48.7 Å². The van der Waals surface area contributed by atoms with Crippen molar-refractivity contribution in [2.75, 3.05) is 31.5 Å². The molecule has 1 atom stereocenters. The number of hydrogen-bond donors (Lipinski definition) is 0. The van der Waals surface area contributed by atoms with Gasteiger partial charge in [0.15, 0.2) is 5.17 Å². The molecule has 0 aromatic heterocycles. The van der Waals surface area contributed by atoms with E-state index in [9.17, 15) is 4.79 Å². The Morgan fingerprint density at radius 1 is 1.23 bits per heavy atom. The number of benzene rings is 2. The Hall–Kier alpha value is -2.48. The highest BCUT2D eigenvalue weighted by Gasteiger charge is 2.33. The van der Waals surface area contributed by atoms with Crippen LogP contribution in [0.3, 0.4) is 0 Å². The molecule has 162 valence electrons. The fourth-order valence-corrected chi connectivity index (χ4v) is 4.68. The quantitative estimate of drug-likeness (QED) is 0.569. The topological polar surface area (TPSA) is 60.4 Å². The molecule has 1 saturated heterocycles. The molecule has 8 heteroatoms. The van der Waals surface area contributed by atoms with E-state index in [1.807, 2.05) is 24.3 Å². The van der Waals surface area contributed by atoms with Gasteiger partial charge in [0.25, 0.3) is 5.91 Å². The van der Waals surface area contributed by atoms with Gasteiger partial charge in [0.2, 0.25) is 0 Å². The maximum absolute atomic E-state index is 13.3. The van der Waals surface area contributed by atoms with Crippen LogP contribution in [0.4, 0.5) is 5.69 Å². The van der Waals surface area contributed by atoms with Gasteiger partial charge in [-0.15, -0.1) is 0 Å². The minimum atomic E-state index is -0.199. The molecule has 2 heterocycles. The van der Waals surface area contributed by atoms with Crippen LogP contribution in [0.25, 0.3) is 6.08 Å². The second-order valence-electron chi connectivity index (χ2n) is 7.10. The van der Waals surface area contributed by atoms with Gasteiger partial charge in [0.1, 0.15) is 17.2 Å². The standard InChI is InChI=1S/C23H23ClN2O4S/c1-28-17-8-5-15(6-9-17)12-20-22(27)26(16-7-10-19(24)21(13-16)29-2)23(25-20)31-14-18-4-3-11-30-18/h5-10,12-13,18H,3-4,11,14H2,1-2H3/b20-12-. The minimum Gasteiger partial charge on any atom is -0.497 e. The molecular formula is C23H23ClN2O4S. The third-order valence-corrected chi connectivity index (χ3v) is 6.45. The lowest BCUT2D eigenvalue weighted by atomic mass is 10.2. The highest BCUT2D eigenvalue weighted by Crippen LogP contribution is 2.35. The summed E-state index contributed by atoms with van der Waals surface area (Å²) in [6.45, 7) is 0.789. The zero-order valence-corrected chi connectivity index (χ0v) is 18.9. The van der Waals surface area contributed by atoms with Crippen molar-refractivity contribution < 1.29 is 19.0 Å². The lowest BCUT2D eigenvalue weighted by Gasteiger charge is -2.19. The number of thioether (sulfide) groups is 1. The monoisotopic (exact) mass is 458 g/mol. The molecule has 2 aliphatic heterocycles. The summed E-state index contributed by atoms with van der Waals surface area (Å²) in [5.41, 5.74) is 1.89. The third-order valence-electron chi connectivity index (χ3n) is 5.06. The number of halogens is 1. The molecule has 4 rings (SSSR count). The molecule has 0 spiro atoms. The Bertz CT molecular complexity index is 1020. The summed E-state index contributed by atoms with van der Waals surface area (Å²) < 4.78 is 16.3. The van der Waals surface area contributed by atoms with Crippen molar-refractivity contribution in [3.05, 3.63) is 58.7 Å². The fraction of sp³-hybridized carbons (Fsp3) is 0.304. The number of methoxy groups -OCH3 is 2. The minimum absolute atomic E-state index is 0.180. The summed E-state index contributed by atoms with van der Waals surface area (Å²) in [4.78, 5) is 19.6. The van der Waals surface area contributed by atoms with Gasteiger partial charge < -0.3 is 14.2 Å². The Balaban J connectivity index is 1.65. The molecule has 2 aromatic carbocycles. The van der Waals surface area contributed by atoms with Crippen LogP contribution in [-0.4, -0.2) is 43.8 Å². The summed E-state index contributed by atoms with van der Waals surface area (Å²) in [5.74, 6) is 1.80. The van der Waals surface area contributed by atoms with E-state index in [1.165, 1.54) is 11.8 Å². The summed E-state index contributed by atoms with van der Waals surface area (Å²) in [6.07, 6.45) is 4.05. The average Bonchev–Trinajstić information content (AvgIpc) is 3.41. The second-order valence-corrected chi connectivity index (χ2v) is 8.50. The van der Waals surface area contributed by atoms with Crippen molar-refractivity contribution in [2.45, 2.75) is 18.9 Å². The summed E-state index contributed by atoms with van der Waals surface area (Å²) in [5, 5.41) is 1.10. The van der Waals surface area contributed by atoms with Gasteiger partial charge in [-0.1, -0.05) is 35.5 Å². The molecule has 0 saturated carbocycles. The number of anilines is 1.